The summed E-state index contributed by atoms with van der Waals surface area (Å²) in [6, 6.07) is 7.94. The molecule has 0 bridgehead atoms. The molecule has 1 saturated carbocycles. The van der Waals surface area contributed by atoms with Crippen molar-refractivity contribution in [2.45, 2.75) is 52.2 Å². The van der Waals surface area contributed by atoms with Gasteiger partial charge in [-0.15, -0.1) is 0 Å². The summed E-state index contributed by atoms with van der Waals surface area (Å²) in [6.45, 7) is 9.72. The fourth-order valence-corrected chi connectivity index (χ4v) is 2.72. The summed E-state index contributed by atoms with van der Waals surface area (Å²) in [4.78, 5) is 7.08. The molecule has 0 unspecified atom stereocenters. The van der Waals surface area contributed by atoms with Crippen molar-refractivity contribution >= 4 is 5.96 Å². The van der Waals surface area contributed by atoms with Gasteiger partial charge >= 0.3 is 0 Å². The van der Waals surface area contributed by atoms with E-state index in [1.807, 2.05) is 13.0 Å². The molecule has 23 heavy (non-hydrogen) atoms. The number of guanidine groups is 1. The van der Waals surface area contributed by atoms with E-state index < -0.39 is 0 Å². The lowest BCUT2D eigenvalue weighted by Crippen LogP contribution is -2.43. The third kappa shape index (κ3) is 6.18. The van der Waals surface area contributed by atoms with Crippen LogP contribution in [0, 0.1) is 5.82 Å². The van der Waals surface area contributed by atoms with E-state index in [-0.39, 0.29) is 5.82 Å². The van der Waals surface area contributed by atoms with Gasteiger partial charge in [-0.3, -0.25) is 4.90 Å². The zero-order valence-electron chi connectivity index (χ0n) is 14.5. The van der Waals surface area contributed by atoms with Crippen LogP contribution in [0.5, 0.6) is 0 Å². The smallest absolute Gasteiger partial charge is 0.191 e. The lowest BCUT2D eigenvalue weighted by atomic mass is 10.2. The fourth-order valence-electron chi connectivity index (χ4n) is 2.72. The molecule has 0 aliphatic heterocycles. The molecule has 1 aliphatic rings. The molecule has 2 N–H and O–H groups in total. The van der Waals surface area contributed by atoms with E-state index in [1.54, 1.807) is 6.07 Å². The Balaban J connectivity index is 1.83. The first-order chi connectivity index (χ1) is 11.1. The van der Waals surface area contributed by atoms with Crippen LogP contribution in [0.2, 0.25) is 0 Å². The number of aliphatic imine (C=N–C) groups is 1. The van der Waals surface area contributed by atoms with Crippen molar-refractivity contribution in [1.82, 2.24) is 15.5 Å². The molecule has 0 aromatic heterocycles. The van der Waals surface area contributed by atoms with Crippen molar-refractivity contribution in [1.29, 1.82) is 0 Å². The van der Waals surface area contributed by atoms with Gasteiger partial charge in [0.2, 0.25) is 0 Å². The Bertz CT molecular complexity index is 509. The van der Waals surface area contributed by atoms with Crippen molar-refractivity contribution in [2.75, 3.05) is 19.6 Å². The zero-order chi connectivity index (χ0) is 16.7. The summed E-state index contributed by atoms with van der Waals surface area (Å²) < 4.78 is 13.2. The van der Waals surface area contributed by atoms with Gasteiger partial charge in [-0.2, -0.15) is 0 Å². The van der Waals surface area contributed by atoms with Gasteiger partial charge in [0, 0.05) is 31.7 Å². The molecule has 1 aromatic carbocycles. The molecule has 0 amide bonds. The number of hydrogen-bond acceptors (Lipinski definition) is 2. The molecule has 128 valence electrons. The van der Waals surface area contributed by atoms with Crippen LogP contribution in [0.1, 0.15) is 39.2 Å². The van der Waals surface area contributed by atoms with Gasteiger partial charge in [-0.1, -0.05) is 12.1 Å². The van der Waals surface area contributed by atoms with E-state index in [0.717, 1.165) is 37.2 Å². The molecule has 2 rings (SSSR count). The summed E-state index contributed by atoms with van der Waals surface area (Å²) >= 11 is 0. The second-order valence-corrected chi connectivity index (χ2v) is 6.31. The Morgan fingerprint density at radius 3 is 2.74 bits per heavy atom. The maximum absolute atomic E-state index is 13.2. The second-order valence-electron chi connectivity index (χ2n) is 6.31. The molecule has 0 heterocycles. The van der Waals surface area contributed by atoms with Gasteiger partial charge in [-0.05, 0) is 51.3 Å². The molecule has 5 heteroatoms. The van der Waals surface area contributed by atoms with E-state index in [9.17, 15) is 4.39 Å². The summed E-state index contributed by atoms with van der Waals surface area (Å²) in [5.41, 5.74) is 0.879. The summed E-state index contributed by atoms with van der Waals surface area (Å²) in [5.74, 6) is 0.573. The highest BCUT2D eigenvalue weighted by Gasteiger charge is 2.30. The molecule has 1 aliphatic carbocycles. The molecule has 0 radical (unpaired) electrons. The van der Waals surface area contributed by atoms with Gasteiger partial charge in [0.05, 0.1) is 6.54 Å². The number of halogens is 1. The Kier molecular flexibility index (Phi) is 6.84. The van der Waals surface area contributed by atoms with Gasteiger partial charge in [0.15, 0.2) is 5.96 Å². The minimum absolute atomic E-state index is 0.215. The summed E-state index contributed by atoms with van der Waals surface area (Å²) in [7, 11) is 0. The van der Waals surface area contributed by atoms with Crippen molar-refractivity contribution in [3.63, 3.8) is 0 Å². The summed E-state index contributed by atoms with van der Waals surface area (Å²) in [6.07, 6.45) is 2.65. The number of benzene rings is 1. The predicted octanol–water partition coefficient (Wildman–Crippen LogP) is 2.75. The normalized spacial score (nSPS) is 15.3. The molecule has 0 saturated heterocycles. The standard InChI is InChI=1S/C18H29FN4/c1-4-20-18(22-13-15-6-5-7-16(19)12-15)21-10-11-23(14(2)3)17-8-9-17/h5-7,12,14,17H,4,8-11,13H2,1-3H3,(H2,20,21,22). The van der Waals surface area contributed by atoms with Crippen LogP contribution < -0.4 is 10.6 Å². The van der Waals surface area contributed by atoms with Gasteiger partial charge in [-0.25, -0.2) is 9.38 Å². The van der Waals surface area contributed by atoms with Gasteiger partial charge in [0.25, 0.3) is 0 Å². The first-order valence-electron chi connectivity index (χ1n) is 8.62. The fraction of sp³-hybridized carbons (Fsp3) is 0.611. The first-order valence-corrected chi connectivity index (χ1v) is 8.62. The summed E-state index contributed by atoms with van der Waals surface area (Å²) in [5, 5.41) is 6.62. The Hall–Kier alpha value is -1.62. The Morgan fingerprint density at radius 1 is 1.35 bits per heavy atom. The average Bonchev–Trinajstić information content (AvgIpc) is 3.33. The van der Waals surface area contributed by atoms with Crippen molar-refractivity contribution in [3.8, 4) is 0 Å². The van der Waals surface area contributed by atoms with Crippen molar-refractivity contribution < 1.29 is 4.39 Å². The van der Waals surface area contributed by atoms with E-state index >= 15 is 0 Å². The molecule has 1 aromatic rings. The third-order valence-electron chi connectivity index (χ3n) is 3.99. The lowest BCUT2D eigenvalue weighted by Gasteiger charge is -2.26. The van der Waals surface area contributed by atoms with Gasteiger partial charge in [0.1, 0.15) is 5.82 Å². The largest absolute Gasteiger partial charge is 0.357 e. The number of hydrogen-bond donors (Lipinski definition) is 2. The van der Waals surface area contributed by atoms with E-state index in [2.05, 4.69) is 34.4 Å². The molecule has 0 atom stereocenters. The van der Waals surface area contributed by atoms with Crippen LogP contribution in [0.15, 0.2) is 29.3 Å². The quantitative estimate of drug-likeness (QED) is 0.571. The van der Waals surface area contributed by atoms with E-state index in [1.165, 1.54) is 25.0 Å². The molecule has 1 fully saturated rings. The minimum Gasteiger partial charge on any atom is -0.357 e. The van der Waals surface area contributed by atoms with Crippen LogP contribution in [-0.2, 0) is 6.54 Å². The van der Waals surface area contributed by atoms with Crippen molar-refractivity contribution in [3.05, 3.63) is 35.6 Å². The highest BCUT2D eigenvalue weighted by Crippen LogP contribution is 2.27. The highest BCUT2D eigenvalue weighted by atomic mass is 19.1. The SMILES string of the molecule is CCNC(=NCc1cccc(F)c1)NCCN(C(C)C)C1CC1. The first kappa shape index (κ1) is 17.7. The highest BCUT2D eigenvalue weighted by molar-refractivity contribution is 5.79. The average molecular weight is 320 g/mol. The minimum atomic E-state index is -0.215. The topological polar surface area (TPSA) is 39.7 Å². The third-order valence-corrected chi connectivity index (χ3v) is 3.99. The monoisotopic (exact) mass is 320 g/mol. The van der Waals surface area contributed by atoms with E-state index in [0.29, 0.717) is 12.6 Å². The van der Waals surface area contributed by atoms with Crippen LogP contribution in [-0.4, -0.2) is 42.6 Å². The van der Waals surface area contributed by atoms with Crippen LogP contribution in [0.4, 0.5) is 4.39 Å². The maximum atomic E-state index is 13.2. The van der Waals surface area contributed by atoms with Crippen LogP contribution >= 0.6 is 0 Å². The predicted molar refractivity (Wildman–Crippen MR) is 94.1 cm³/mol. The van der Waals surface area contributed by atoms with Crippen LogP contribution in [0.25, 0.3) is 0 Å². The Labute approximate surface area is 139 Å². The van der Waals surface area contributed by atoms with Gasteiger partial charge < -0.3 is 10.6 Å². The number of rotatable bonds is 8. The van der Waals surface area contributed by atoms with Crippen molar-refractivity contribution in [2.24, 2.45) is 4.99 Å². The number of nitrogens with one attached hydrogen (secondary N) is 2. The molecular weight excluding hydrogens is 291 g/mol. The second kappa shape index (κ2) is 8.87. The molecule has 4 nitrogen and oxygen atoms in total. The lowest BCUT2D eigenvalue weighted by molar-refractivity contribution is 0.215. The Morgan fingerprint density at radius 2 is 2.13 bits per heavy atom. The molecular formula is C18H29FN4. The number of nitrogens with zero attached hydrogens (tertiary/aromatic N) is 2. The molecule has 0 spiro atoms. The van der Waals surface area contributed by atoms with E-state index in [4.69, 9.17) is 0 Å². The zero-order valence-corrected chi connectivity index (χ0v) is 14.5. The van der Waals surface area contributed by atoms with Crippen LogP contribution in [0.3, 0.4) is 0 Å². The maximum Gasteiger partial charge on any atom is 0.191 e.